The molecule has 0 amide bonds. The van der Waals surface area contributed by atoms with E-state index in [0.29, 0.717) is 24.7 Å². The van der Waals surface area contributed by atoms with Gasteiger partial charge in [0.15, 0.2) is 5.82 Å². The van der Waals surface area contributed by atoms with Gasteiger partial charge in [-0.15, -0.1) is 5.10 Å². The van der Waals surface area contributed by atoms with E-state index in [1.165, 1.54) is 0 Å². The molecule has 0 unspecified atom stereocenters. The van der Waals surface area contributed by atoms with Crippen molar-refractivity contribution in [1.82, 2.24) is 24.9 Å². The largest absolute Gasteiger partial charge is 0.367 e. The summed E-state index contributed by atoms with van der Waals surface area (Å²) in [5.74, 6) is 1.50. The number of nitrogen functional groups attached to an aromatic ring is 1. The lowest BCUT2D eigenvalue weighted by Crippen LogP contribution is -2.03. The van der Waals surface area contributed by atoms with Crippen LogP contribution in [-0.4, -0.2) is 24.9 Å². The van der Waals surface area contributed by atoms with Gasteiger partial charge in [-0.3, -0.25) is 4.68 Å². The first-order valence-corrected chi connectivity index (χ1v) is 4.18. The van der Waals surface area contributed by atoms with Crippen molar-refractivity contribution >= 4 is 5.95 Å². The third-order valence-corrected chi connectivity index (χ3v) is 1.69. The highest BCUT2D eigenvalue weighted by Crippen LogP contribution is 1.98. The van der Waals surface area contributed by atoms with Crippen LogP contribution in [0.1, 0.15) is 11.7 Å². The van der Waals surface area contributed by atoms with Gasteiger partial charge in [-0.05, 0) is 0 Å². The van der Waals surface area contributed by atoms with Gasteiger partial charge >= 0.3 is 0 Å². The Labute approximate surface area is 79.9 Å². The quantitative estimate of drug-likeness (QED) is 0.726. The molecule has 0 atom stereocenters. The number of nitrogens with two attached hydrogens (primary N) is 1. The molecule has 0 saturated heterocycles. The van der Waals surface area contributed by atoms with Gasteiger partial charge in [0.05, 0.1) is 6.54 Å². The van der Waals surface area contributed by atoms with Gasteiger partial charge in [-0.2, -0.15) is 4.98 Å². The summed E-state index contributed by atoms with van der Waals surface area (Å²) in [5, 5.41) is 7.69. The van der Waals surface area contributed by atoms with Crippen LogP contribution >= 0.6 is 0 Å². The van der Waals surface area contributed by atoms with Gasteiger partial charge in [0.2, 0.25) is 11.8 Å². The van der Waals surface area contributed by atoms with Gasteiger partial charge < -0.3 is 10.3 Å². The molecule has 7 heteroatoms. The van der Waals surface area contributed by atoms with E-state index in [0.717, 1.165) is 0 Å². The molecule has 0 spiro atoms. The van der Waals surface area contributed by atoms with Crippen LogP contribution in [0, 0.1) is 6.92 Å². The molecule has 0 saturated carbocycles. The first kappa shape index (κ1) is 8.67. The molecule has 0 aliphatic heterocycles. The second-order valence-corrected chi connectivity index (χ2v) is 2.85. The average molecular weight is 194 g/mol. The summed E-state index contributed by atoms with van der Waals surface area (Å²) in [6.45, 7) is 2.40. The van der Waals surface area contributed by atoms with E-state index >= 15 is 0 Å². The second-order valence-electron chi connectivity index (χ2n) is 2.85. The summed E-state index contributed by atoms with van der Waals surface area (Å²) in [6, 6.07) is 0. The third-order valence-electron chi connectivity index (χ3n) is 1.69. The van der Waals surface area contributed by atoms with E-state index in [1.54, 1.807) is 17.9 Å². The van der Waals surface area contributed by atoms with Gasteiger partial charge in [0.25, 0.3) is 0 Å². The molecule has 74 valence electrons. The fraction of sp³-hybridized carbons (Fsp3) is 0.429. The van der Waals surface area contributed by atoms with Crippen molar-refractivity contribution in [2.45, 2.75) is 19.9 Å². The summed E-state index contributed by atoms with van der Waals surface area (Å²) < 4.78 is 6.47. The van der Waals surface area contributed by atoms with Crippen molar-refractivity contribution in [2.75, 3.05) is 5.73 Å². The second kappa shape index (κ2) is 3.44. The minimum atomic E-state index is 0.272. The maximum Gasteiger partial charge on any atom is 0.239 e. The zero-order chi connectivity index (χ0) is 9.97. The van der Waals surface area contributed by atoms with Crippen molar-refractivity contribution in [1.29, 1.82) is 0 Å². The first-order chi connectivity index (χ1) is 6.74. The number of aromatic nitrogens is 5. The summed E-state index contributed by atoms with van der Waals surface area (Å²) in [5.41, 5.74) is 5.36. The highest BCUT2D eigenvalue weighted by Gasteiger charge is 2.03. The van der Waals surface area contributed by atoms with Crippen LogP contribution in [0.25, 0.3) is 0 Å². The van der Waals surface area contributed by atoms with E-state index in [1.807, 2.05) is 0 Å². The van der Waals surface area contributed by atoms with Crippen LogP contribution in [0.2, 0.25) is 0 Å². The molecule has 2 aromatic rings. The Kier molecular flexibility index (Phi) is 2.13. The topological polar surface area (TPSA) is 95.7 Å². The SMILES string of the molecule is Cc1nc(CCn2cnc(N)n2)no1. The maximum absolute atomic E-state index is 5.36. The number of hydrogen-bond acceptors (Lipinski definition) is 6. The van der Waals surface area contributed by atoms with Gasteiger partial charge in [0, 0.05) is 13.3 Å². The number of hydrogen-bond donors (Lipinski definition) is 1. The van der Waals surface area contributed by atoms with Crippen molar-refractivity contribution in [3.63, 3.8) is 0 Å². The zero-order valence-electron chi connectivity index (χ0n) is 7.71. The van der Waals surface area contributed by atoms with E-state index in [-0.39, 0.29) is 5.95 Å². The Hall–Kier alpha value is -1.92. The molecular weight excluding hydrogens is 184 g/mol. The highest BCUT2D eigenvalue weighted by atomic mass is 16.5. The summed E-state index contributed by atoms with van der Waals surface area (Å²) in [4.78, 5) is 7.86. The van der Waals surface area contributed by atoms with E-state index in [2.05, 4.69) is 20.2 Å². The Bertz CT molecular complexity index is 379. The van der Waals surface area contributed by atoms with Gasteiger partial charge in [-0.1, -0.05) is 5.16 Å². The molecule has 0 aromatic carbocycles. The highest BCUT2D eigenvalue weighted by molar-refractivity contribution is 5.09. The fourth-order valence-electron chi connectivity index (χ4n) is 1.07. The lowest BCUT2D eigenvalue weighted by Gasteiger charge is -1.94. The molecule has 14 heavy (non-hydrogen) atoms. The smallest absolute Gasteiger partial charge is 0.239 e. The molecule has 7 nitrogen and oxygen atoms in total. The van der Waals surface area contributed by atoms with E-state index < -0.39 is 0 Å². The van der Waals surface area contributed by atoms with E-state index in [9.17, 15) is 0 Å². The summed E-state index contributed by atoms with van der Waals surface area (Å²) >= 11 is 0. The van der Waals surface area contributed by atoms with Crippen LogP contribution < -0.4 is 5.73 Å². The predicted octanol–water partition coefficient (Wildman–Crippen LogP) is -0.206. The Morgan fingerprint density at radius 2 is 2.43 bits per heavy atom. The summed E-state index contributed by atoms with van der Waals surface area (Å²) in [7, 11) is 0. The van der Waals surface area contributed by atoms with Crippen molar-refractivity contribution < 1.29 is 4.52 Å². The monoisotopic (exact) mass is 194 g/mol. The Morgan fingerprint density at radius 3 is 3.00 bits per heavy atom. The number of aryl methyl sites for hydroxylation is 3. The average Bonchev–Trinajstić information content (AvgIpc) is 2.72. The molecule has 0 aliphatic rings. The Morgan fingerprint density at radius 1 is 1.57 bits per heavy atom. The van der Waals surface area contributed by atoms with Crippen LogP contribution in [0.3, 0.4) is 0 Å². The fourth-order valence-corrected chi connectivity index (χ4v) is 1.07. The third kappa shape index (κ3) is 1.87. The molecule has 0 radical (unpaired) electrons. The standard InChI is InChI=1S/C7H10N6O/c1-5-10-6(12-14-5)2-3-13-4-9-7(8)11-13/h4H,2-3H2,1H3,(H2,8,11). The molecule has 2 heterocycles. The van der Waals surface area contributed by atoms with Crippen LogP contribution in [0.5, 0.6) is 0 Å². The van der Waals surface area contributed by atoms with Crippen molar-refractivity contribution in [2.24, 2.45) is 0 Å². The van der Waals surface area contributed by atoms with Gasteiger partial charge in [-0.25, -0.2) is 4.98 Å². The molecule has 0 fully saturated rings. The summed E-state index contributed by atoms with van der Waals surface area (Å²) in [6.07, 6.45) is 2.22. The molecular formula is C7H10N6O. The number of anilines is 1. The lowest BCUT2D eigenvalue weighted by atomic mass is 10.4. The van der Waals surface area contributed by atoms with E-state index in [4.69, 9.17) is 10.3 Å². The minimum Gasteiger partial charge on any atom is -0.367 e. The zero-order valence-corrected chi connectivity index (χ0v) is 7.71. The van der Waals surface area contributed by atoms with Gasteiger partial charge in [0.1, 0.15) is 6.33 Å². The van der Waals surface area contributed by atoms with Crippen LogP contribution in [0.15, 0.2) is 10.9 Å². The molecule has 0 aliphatic carbocycles. The number of rotatable bonds is 3. The predicted molar refractivity (Wildman–Crippen MR) is 47.2 cm³/mol. The van der Waals surface area contributed by atoms with Crippen molar-refractivity contribution in [3.8, 4) is 0 Å². The van der Waals surface area contributed by atoms with Crippen molar-refractivity contribution in [3.05, 3.63) is 18.0 Å². The molecule has 2 aromatic heterocycles. The van der Waals surface area contributed by atoms with Crippen LogP contribution in [0.4, 0.5) is 5.95 Å². The molecule has 2 rings (SSSR count). The van der Waals surface area contributed by atoms with Crippen LogP contribution in [-0.2, 0) is 13.0 Å². The lowest BCUT2D eigenvalue weighted by molar-refractivity contribution is 0.385. The minimum absolute atomic E-state index is 0.272. The first-order valence-electron chi connectivity index (χ1n) is 4.18. The maximum atomic E-state index is 5.36. The Balaban J connectivity index is 1.94. The normalized spacial score (nSPS) is 10.6. The molecule has 0 bridgehead atoms. The molecule has 2 N–H and O–H groups in total. The number of nitrogens with zero attached hydrogens (tertiary/aromatic N) is 5.